The summed E-state index contributed by atoms with van der Waals surface area (Å²) in [6, 6.07) is 13.8. The Bertz CT molecular complexity index is 1600. The van der Waals surface area contributed by atoms with Crippen molar-refractivity contribution in [3.8, 4) is 0 Å². The van der Waals surface area contributed by atoms with Crippen molar-refractivity contribution in [3.05, 3.63) is 76.2 Å². The minimum atomic E-state index is -4.42. The third-order valence-corrected chi connectivity index (χ3v) is 11.4. The highest BCUT2D eigenvalue weighted by Gasteiger charge is 2.40. The number of hydrogen-bond donors (Lipinski definition) is 1. The van der Waals surface area contributed by atoms with Gasteiger partial charge in [-0.2, -0.15) is 0 Å². The van der Waals surface area contributed by atoms with Gasteiger partial charge in [-0.25, -0.2) is 26.1 Å². The normalized spacial score (nSPS) is 14.7. The molecule has 2 aromatic heterocycles. The van der Waals surface area contributed by atoms with Crippen LogP contribution in [0.15, 0.2) is 70.6 Å². The molecule has 13 heteroatoms. The molecular formula is C25H28N4O5S4. The van der Waals surface area contributed by atoms with Crippen LogP contribution in [0.4, 0.5) is 0 Å². The lowest BCUT2D eigenvalue weighted by molar-refractivity contribution is -0.131. The van der Waals surface area contributed by atoms with Crippen molar-refractivity contribution in [1.82, 2.24) is 14.3 Å². The fraction of sp³-hybridized carbons (Fsp3) is 0.320. The van der Waals surface area contributed by atoms with Crippen LogP contribution >= 0.6 is 22.7 Å². The monoisotopic (exact) mass is 592 g/mol. The van der Waals surface area contributed by atoms with Crippen LogP contribution in [-0.4, -0.2) is 48.9 Å². The molecule has 1 unspecified atom stereocenters. The van der Waals surface area contributed by atoms with Gasteiger partial charge < -0.3 is 5.73 Å². The lowest BCUT2D eigenvalue weighted by Crippen LogP contribution is -2.54. The molecule has 2 heterocycles. The van der Waals surface area contributed by atoms with E-state index in [1.54, 1.807) is 18.5 Å². The van der Waals surface area contributed by atoms with E-state index in [1.807, 2.05) is 30.3 Å². The summed E-state index contributed by atoms with van der Waals surface area (Å²) in [7, 11) is -8.15. The van der Waals surface area contributed by atoms with E-state index in [9.17, 15) is 21.6 Å². The predicted molar refractivity (Wildman–Crippen MR) is 150 cm³/mol. The van der Waals surface area contributed by atoms with Crippen LogP contribution in [0.3, 0.4) is 0 Å². The van der Waals surface area contributed by atoms with Crippen molar-refractivity contribution in [1.29, 1.82) is 0 Å². The van der Waals surface area contributed by atoms with Gasteiger partial charge in [0.1, 0.15) is 0 Å². The number of sulfonamides is 1. The average molecular weight is 593 g/mol. The zero-order valence-corrected chi connectivity index (χ0v) is 24.1. The van der Waals surface area contributed by atoms with Gasteiger partial charge >= 0.3 is 0 Å². The molecule has 38 heavy (non-hydrogen) atoms. The highest BCUT2D eigenvalue weighted by atomic mass is 32.2. The number of aromatic nitrogens is 2. The largest absolute Gasteiger partial charge is 0.310 e. The van der Waals surface area contributed by atoms with Gasteiger partial charge in [0, 0.05) is 11.1 Å². The fourth-order valence-corrected chi connectivity index (χ4v) is 9.32. The Morgan fingerprint density at radius 1 is 1.03 bits per heavy atom. The number of nitrogens with two attached hydrogens (primary N) is 1. The number of benzene rings is 2. The SMILES string of the molecule is CC(CS(=O)(=O)Cc1cncs1)C(=O)N([C@H](N)[C@@H](C)Cc1ccccc1)S(=O)(=O)c1ccc2ncsc2c1. The number of carbonyl (C=O) groups is 1. The summed E-state index contributed by atoms with van der Waals surface area (Å²) < 4.78 is 54.8. The smallest absolute Gasteiger partial charge is 0.267 e. The number of sulfone groups is 1. The van der Waals surface area contributed by atoms with Gasteiger partial charge in [0.15, 0.2) is 9.84 Å². The summed E-state index contributed by atoms with van der Waals surface area (Å²) in [6.45, 7) is 3.18. The Kier molecular flexibility index (Phi) is 8.62. The number of rotatable bonds is 11. The summed E-state index contributed by atoms with van der Waals surface area (Å²) in [5, 5.41) is 0. The number of carbonyl (C=O) groups excluding carboxylic acids is 1. The maximum atomic E-state index is 13.9. The van der Waals surface area contributed by atoms with Gasteiger partial charge in [-0.3, -0.25) is 9.78 Å². The maximum Gasteiger partial charge on any atom is 0.267 e. The van der Waals surface area contributed by atoms with Crippen LogP contribution < -0.4 is 5.73 Å². The van der Waals surface area contributed by atoms with Crippen molar-refractivity contribution in [2.75, 3.05) is 5.75 Å². The standard InChI is InChI=1S/C25H28N4O5S4/c1-17(10-19-6-4-3-5-7-19)24(26)29(38(33,34)21-8-9-22-23(11-21)36-16-28-22)25(30)18(2)13-37(31,32)14-20-12-27-15-35-20/h3-9,11-12,15-18,24H,10,13-14,26H2,1-2H3/t17-,18?,24-/m0/s1. The second-order valence-electron chi connectivity index (χ2n) is 9.20. The highest BCUT2D eigenvalue weighted by molar-refractivity contribution is 7.91. The van der Waals surface area contributed by atoms with Gasteiger partial charge in [-0.1, -0.05) is 44.2 Å². The van der Waals surface area contributed by atoms with E-state index in [1.165, 1.54) is 53.4 Å². The molecule has 9 nitrogen and oxygen atoms in total. The summed E-state index contributed by atoms with van der Waals surface area (Å²) in [5.74, 6) is -3.27. The summed E-state index contributed by atoms with van der Waals surface area (Å²) in [5.41, 5.74) is 11.2. The lowest BCUT2D eigenvalue weighted by atomic mass is 9.98. The Hall–Kier alpha value is -2.71. The predicted octanol–water partition coefficient (Wildman–Crippen LogP) is 3.68. The van der Waals surface area contributed by atoms with Gasteiger partial charge in [0.25, 0.3) is 10.0 Å². The van der Waals surface area contributed by atoms with Crippen LogP contribution in [0, 0.1) is 11.8 Å². The van der Waals surface area contributed by atoms with Crippen LogP contribution in [0.1, 0.15) is 24.3 Å². The molecule has 2 aromatic carbocycles. The molecule has 3 atom stereocenters. The number of amides is 1. The summed E-state index contributed by atoms with van der Waals surface area (Å²) in [6.07, 6.45) is 0.659. The van der Waals surface area contributed by atoms with E-state index in [0.29, 0.717) is 25.8 Å². The molecule has 0 saturated carbocycles. The molecule has 1 amide bonds. The minimum absolute atomic E-state index is 0.107. The summed E-state index contributed by atoms with van der Waals surface area (Å²) >= 11 is 2.48. The first-order chi connectivity index (χ1) is 18.0. The molecule has 4 rings (SSSR count). The Balaban J connectivity index is 1.66. The maximum absolute atomic E-state index is 13.9. The van der Waals surface area contributed by atoms with Gasteiger partial charge in [0.05, 0.1) is 49.7 Å². The van der Waals surface area contributed by atoms with Crippen molar-refractivity contribution in [2.24, 2.45) is 17.6 Å². The first-order valence-corrected chi connectivity index (χ1v) is 16.8. The molecule has 202 valence electrons. The molecule has 0 bridgehead atoms. The number of fused-ring (bicyclic) bond motifs is 1. The van der Waals surface area contributed by atoms with E-state index >= 15 is 0 Å². The second kappa shape index (κ2) is 11.6. The highest BCUT2D eigenvalue weighted by Crippen LogP contribution is 2.28. The zero-order chi connectivity index (χ0) is 27.5. The van der Waals surface area contributed by atoms with Gasteiger partial charge in [-0.05, 0) is 36.1 Å². The molecular weight excluding hydrogens is 565 g/mol. The first-order valence-electron chi connectivity index (χ1n) is 11.8. The van der Waals surface area contributed by atoms with Crippen LogP contribution in [0.2, 0.25) is 0 Å². The number of hydrogen-bond acceptors (Lipinski definition) is 10. The number of nitrogens with zero attached hydrogens (tertiary/aromatic N) is 3. The van der Waals surface area contributed by atoms with E-state index in [2.05, 4.69) is 9.97 Å². The zero-order valence-electron chi connectivity index (χ0n) is 20.8. The molecule has 4 aromatic rings. The molecule has 0 aliphatic carbocycles. The van der Waals surface area contributed by atoms with Crippen LogP contribution in [-0.2, 0) is 36.8 Å². The lowest BCUT2D eigenvalue weighted by Gasteiger charge is -2.34. The molecule has 0 fully saturated rings. The quantitative estimate of drug-likeness (QED) is 0.260. The average Bonchev–Trinajstić information content (AvgIpc) is 3.55. The Morgan fingerprint density at radius 3 is 2.45 bits per heavy atom. The van der Waals surface area contributed by atoms with Crippen molar-refractivity contribution in [2.45, 2.75) is 37.1 Å². The van der Waals surface area contributed by atoms with Gasteiger partial charge in [0.2, 0.25) is 5.91 Å². The van der Waals surface area contributed by atoms with E-state index in [0.717, 1.165) is 5.56 Å². The molecule has 0 radical (unpaired) electrons. The van der Waals surface area contributed by atoms with Crippen LogP contribution in [0.25, 0.3) is 10.2 Å². The molecule has 0 aliphatic heterocycles. The van der Waals surface area contributed by atoms with Crippen molar-refractivity contribution in [3.63, 3.8) is 0 Å². The van der Waals surface area contributed by atoms with Crippen LogP contribution in [0.5, 0.6) is 0 Å². The first kappa shape index (κ1) is 28.3. The molecule has 0 saturated heterocycles. The minimum Gasteiger partial charge on any atom is -0.310 e. The van der Waals surface area contributed by atoms with E-state index in [-0.39, 0.29) is 10.6 Å². The van der Waals surface area contributed by atoms with Crippen molar-refractivity contribution >= 4 is 58.7 Å². The third kappa shape index (κ3) is 6.46. The van der Waals surface area contributed by atoms with E-state index < -0.39 is 49.5 Å². The third-order valence-electron chi connectivity index (χ3n) is 6.10. The second-order valence-corrected chi connectivity index (χ2v) is 15.0. The Morgan fingerprint density at radius 2 is 1.76 bits per heavy atom. The topological polar surface area (TPSA) is 140 Å². The van der Waals surface area contributed by atoms with Gasteiger partial charge in [-0.15, -0.1) is 22.7 Å². The van der Waals surface area contributed by atoms with Crippen molar-refractivity contribution < 1.29 is 21.6 Å². The number of thiazole rings is 2. The molecule has 0 spiro atoms. The Labute approximate surface area is 230 Å². The molecule has 0 aliphatic rings. The summed E-state index contributed by atoms with van der Waals surface area (Å²) in [4.78, 5) is 22.2. The van der Waals surface area contributed by atoms with E-state index in [4.69, 9.17) is 5.73 Å². The fourth-order valence-electron chi connectivity index (χ4n) is 4.13. The molecule has 2 N–H and O–H groups in total.